The highest BCUT2D eigenvalue weighted by molar-refractivity contribution is 6.07. The largest absolute Gasteiger partial charge is 0.456 e. The van der Waals surface area contributed by atoms with Gasteiger partial charge in [-0.05, 0) is 118 Å². The molecule has 0 bridgehead atoms. The number of hydrogen-bond donors (Lipinski definition) is 3. The molecule has 2 aliphatic rings. The summed E-state index contributed by atoms with van der Waals surface area (Å²) in [6, 6.07) is 14.8. The van der Waals surface area contributed by atoms with Gasteiger partial charge in [-0.25, -0.2) is 4.39 Å². The van der Waals surface area contributed by atoms with E-state index in [2.05, 4.69) is 10.3 Å². The molecule has 1 atom stereocenters. The Morgan fingerprint density at radius 3 is 2.46 bits per heavy atom. The maximum atomic E-state index is 14.1. The topological polar surface area (TPSA) is 151 Å². The van der Waals surface area contributed by atoms with Crippen LogP contribution < -0.4 is 15.6 Å². The van der Waals surface area contributed by atoms with E-state index in [1.165, 1.54) is 16.7 Å². The van der Waals surface area contributed by atoms with Crippen LogP contribution in [0.2, 0.25) is 0 Å². The Labute approximate surface area is 329 Å². The lowest BCUT2D eigenvalue weighted by molar-refractivity contribution is -0.133. The van der Waals surface area contributed by atoms with Gasteiger partial charge in [0, 0.05) is 49.4 Å². The van der Waals surface area contributed by atoms with Gasteiger partial charge in [0.1, 0.15) is 28.8 Å². The smallest absolute Gasteiger partial charge is 0.267 e. The highest BCUT2D eigenvalue weighted by Gasteiger charge is 2.39. The van der Waals surface area contributed by atoms with Gasteiger partial charge in [0.05, 0.1) is 29.0 Å². The summed E-state index contributed by atoms with van der Waals surface area (Å²) in [6.07, 6.45) is 5.33. The van der Waals surface area contributed by atoms with Crippen LogP contribution in [-0.4, -0.2) is 55.5 Å². The van der Waals surface area contributed by atoms with Crippen LogP contribution in [0, 0.1) is 19.7 Å². The zero-order chi connectivity index (χ0) is 40.8. The monoisotopic (exact) mass is 774 g/mol. The summed E-state index contributed by atoms with van der Waals surface area (Å²) in [7, 11) is 1.63. The van der Waals surface area contributed by atoms with Crippen LogP contribution in [-0.2, 0) is 35.2 Å². The van der Waals surface area contributed by atoms with Crippen molar-refractivity contribution in [2.45, 2.75) is 90.8 Å². The molecule has 2 aromatic heterocycles. The Hall–Kier alpha value is -5.88. The van der Waals surface area contributed by atoms with E-state index in [4.69, 9.17) is 4.74 Å². The summed E-state index contributed by atoms with van der Waals surface area (Å²) in [5, 5.41) is 14.2. The molecule has 5 aromatic rings. The average molecular weight is 775 g/mol. The molecule has 3 heterocycles. The van der Waals surface area contributed by atoms with Gasteiger partial charge in [-0.1, -0.05) is 24.6 Å². The predicted molar refractivity (Wildman–Crippen MR) is 214 cm³/mol. The van der Waals surface area contributed by atoms with Crippen molar-refractivity contribution < 1.29 is 33.4 Å². The van der Waals surface area contributed by atoms with Crippen LogP contribution in [0.1, 0.15) is 101 Å². The number of carbonyl (C=O) groups excluding carboxylic acids is 4. The van der Waals surface area contributed by atoms with E-state index in [1.807, 2.05) is 12.1 Å². The zero-order valence-electron chi connectivity index (χ0n) is 32.9. The van der Waals surface area contributed by atoms with Crippen molar-refractivity contribution in [1.29, 1.82) is 0 Å². The predicted octanol–water partition coefficient (Wildman–Crippen LogP) is 7.10. The molecule has 296 valence electrons. The first-order chi connectivity index (χ1) is 27.1. The summed E-state index contributed by atoms with van der Waals surface area (Å²) >= 11 is 0. The van der Waals surface area contributed by atoms with E-state index in [1.54, 1.807) is 76.2 Å². The summed E-state index contributed by atoms with van der Waals surface area (Å²) in [5.41, 5.74) is 4.73. The van der Waals surface area contributed by atoms with E-state index < -0.39 is 11.6 Å². The molecule has 1 saturated carbocycles. The number of aromatic amines is 1. The fraction of sp³-hybridized carbons (Fsp3) is 0.356. The van der Waals surface area contributed by atoms with E-state index in [0.29, 0.717) is 88.1 Å². The molecule has 2 amide bonds. The average Bonchev–Trinajstić information content (AvgIpc) is 3.75. The van der Waals surface area contributed by atoms with Crippen molar-refractivity contribution in [3.05, 3.63) is 116 Å². The SMILES string of the molecule is Cc1cc(F)cc(C)c1Oc1ccc(C(C)(C)O)cc1-c1cn(C)c(=O)c2cc(C(=O)NCCCCCc3cccc4c3CN(C3CCC(=O)CC3=O)C4=O)[nH]c12. The summed E-state index contributed by atoms with van der Waals surface area (Å²) < 4.78 is 22.0. The van der Waals surface area contributed by atoms with Gasteiger partial charge >= 0.3 is 0 Å². The number of unbranched alkanes of at least 4 members (excludes halogenated alkanes) is 2. The summed E-state index contributed by atoms with van der Waals surface area (Å²) in [4.78, 5) is 69.2. The number of ketones is 2. The molecule has 1 fully saturated rings. The van der Waals surface area contributed by atoms with Crippen LogP contribution >= 0.6 is 0 Å². The lowest BCUT2D eigenvalue weighted by atomic mass is 9.92. The second-order valence-corrected chi connectivity index (χ2v) is 15.9. The van der Waals surface area contributed by atoms with Gasteiger partial charge in [-0.3, -0.25) is 24.0 Å². The quantitative estimate of drug-likeness (QED) is 0.0904. The number of aryl methyl sites for hydroxylation is 4. The van der Waals surface area contributed by atoms with Gasteiger partial charge < -0.3 is 29.6 Å². The first-order valence-electron chi connectivity index (χ1n) is 19.4. The third-order valence-electron chi connectivity index (χ3n) is 11.1. The molecule has 7 rings (SSSR count). The van der Waals surface area contributed by atoms with Crippen LogP contribution in [0.25, 0.3) is 22.0 Å². The third kappa shape index (κ3) is 7.91. The molecule has 3 aromatic carbocycles. The van der Waals surface area contributed by atoms with Crippen LogP contribution in [0.4, 0.5) is 4.39 Å². The fourth-order valence-electron chi connectivity index (χ4n) is 8.06. The van der Waals surface area contributed by atoms with Crippen molar-refractivity contribution in [2.75, 3.05) is 6.54 Å². The number of aromatic nitrogens is 2. The number of Topliss-reactive ketones (excluding diaryl/α,β-unsaturated/α-hetero) is 2. The van der Waals surface area contributed by atoms with Crippen LogP contribution in [0.3, 0.4) is 0 Å². The minimum absolute atomic E-state index is 0.0705. The fourth-order valence-corrected chi connectivity index (χ4v) is 8.06. The number of benzene rings is 3. The number of ether oxygens (including phenoxy) is 1. The first-order valence-corrected chi connectivity index (χ1v) is 19.4. The molecule has 12 heteroatoms. The number of rotatable bonds is 12. The molecular weight excluding hydrogens is 728 g/mol. The summed E-state index contributed by atoms with van der Waals surface area (Å²) in [5.74, 6) is -0.239. The first kappa shape index (κ1) is 39.4. The lowest BCUT2D eigenvalue weighted by Crippen LogP contribution is -2.44. The molecule has 1 aliphatic heterocycles. The molecule has 1 aliphatic carbocycles. The number of carbonyl (C=O) groups is 4. The number of nitrogens with zero attached hydrogens (tertiary/aromatic N) is 2. The Morgan fingerprint density at radius 2 is 1.74 bits per heavy atom. The van der Waals surface area contributed by atoms with Gasteiger partial charge in [-0.2, -0.15) is 0 Å². The molecule has 3 N–H and O–H groups in total. The summed E-state index contributed by atoms with van der Waals surface area (Å²) in [6.45, 7) is 7.64. The van der Waals surface area contributed by atoms with Gasteiger partial charge in [0.2, 0.25) is 0 Å². The molecule has 57 heavy (non-hydrogen) atoms. The van der Waals surface area contributed by atoms with Crippen LogP contribution in [0.15, 0.2) is 65.6 Å². The van der Waals surface area contributed by atoms with E-state index in [9.17, 15) is 33.5 Å². The van der Waals surface area contributed by atoms with E-state index in [0.717, 1.165) is 30.4 Å². The number of H-pyrrole nitrogens is 1. The molecule has 0 saturated heterocycles. The number of halogens is 1. The standard InChI is InChI=1S/C45H47FN4O7/c1-25-18-29(46)19-26(2)41(25)57-39-16-13-28(45(3,4)56)20-32(39)35-23-49(5)43(54)33-22-36(48-40(33)35)42(53)47-17-8-6-7-10-27-11-9-12-31-34(27)24-50(44(31)55)37-15-14-30(51)21-38(37)52/h9,11-13,16,18-20,22-23,37,48,56H,6-8,10,14-15,17,21,24H2,1-5H3,(H,47,53). The van der Waals surface area contributed by atoms with Gasteiger partial charge in [0.15, 0.2) is 5.78 Å². The lowest BCUT2D eigenvalue weighted by Gasteiger charge is -2.29. The molecule has 0 spiro atoms. The number of pyridine rings is 1. The highest BCUT2D eigenvalue weighted by Crippen LogP contribution is 2.41. The molecule has 1 unspecified atom stereocenters. The second-order valence-electron chi connectivity index (χ2n) is 15.9. The van der Waals surface area contributed by atoms with E-state index >= 15 is 0 Å². The van der Waals surface area contributed by atoms with E-state index in [-0.39, 0.29) is 46.9 Å². The Morgan fingerprint density at radius 1 is 0.982 bits per heavy atom. The highest BCUT2D eigenvalue weighted by atomic mass is 19.1. The molecule has 11 nitrogen and oxygen atoms in total. The Bertz CT molecular complexity index is 2490. The number of fused-ring (bicyclic) bond motifs is 2. The number of amides is 2. The molecular formula is C45H47FN4O7. The number of nitrogens with one attached hydrogen (secondary N) is 2. The van der Waals surface area contributed by atoms with Gasteiger partial charge in [-0.15, -0.1) is 0 Å². The normalized spacial score (nSPS) is 15.7. The number of aliphatic hydroxyl groups is 1. The molecule has 0 radical (unpaired) electrons. The Kier molecular flexibility index (Phi) is 10.8. The van der Waals surface area contributed by atoms with Crippen molar-refractivity contribution in [1.82, 2.24) is 19.8 Å². The van der Waals surface area contributed by atoms with Gasteiger partial charge in [0.25, 0.3) is 17.4 Å². The minimum atomic E-state index is -1.20. The number of hydrogen-bond acceptors (Lipinski definition) is 7. The van der Waals surface area contributed by atoms with Crippen LogP contribution in [0.5, 0.6) is 11.5 Å². The maximum Gasteiger partial charge on any atom is 0.267 e. The van der Waals surface area contributed by atoms with Crippen molar-refractivity contribution >= 4 is 34.3 Å². The maximum absolute atomic E-state index is 14.1. The minimum Gasteiger partial charge on any atom is -0.456 e. The zero-order valence-corrected chi connectivity index (χ0v) is 32.9. The third-order valence-corrected chi connectivity index (χ3v) is 11.1. The van der Waals surface area contributed by atoms with Crippen molar-refractivity contribution in [2.24, 2.45) is 7.05 Å². The van der Waals surface area contributed by atoms with Crippen molar-refractivity contribution in [3.63, 3.8) is 0 Å². The van der Waals surface area contributed by atoms with Crippen molar-refractivity contribution in [3.8, 4) is 22.6 Å². The second kappa shape index (κ2) is 15.6. The Balaban J connectivity index is 1.04.